The van der Waals surface area contributed by atoms with Crippen LogP contribution in [0.3, 0.4) is 0 Å². The molecule has 0 aromatic heterocycles. The quantitative estimate of drug-likeness (QED) is 0.0169. The van der Waals surface area contributed by atoms with Crippen LogP contribution in [0.5, 0.6) is 0 Å². The summed E-state index contributed by atoms with van der Waals surface area (Å²) < 4.78 is 68.7. The van der Waals surface area contributed by atoms with Crippen LogP contribution in [0, 0.1) is 0 Å². The van der Waals surface area contributed by atoms with Crippen LogP contribution in [-0.2, 0) is 65.4 Å². The van der Waals surface area contributed by atoms with E-state index >= 15 is 0 Å². The van der Waals surface area contributed by atoms with E-state index in [0.29, 0.717) is 25.7 Å². The molecule has 0 radical (unpaired) electrons. The van der Waals surface area contributed by atoms with Crippen LogP contribution < -0.4 is 0 Å². The number of hydrogen-bond donors (Lipinski definition) is 3. The van der Waals surface area contributed by atoms with E-state index in [1.165, 1.54) is 103 Å². The van der Waals surface area contributed by atoms with Gasteiger partial charge in [0.15, 0.2) is 12.2 Å². The van der Waals surface area contributed by atoms with Crippen molar-refractivity contribution in [1.29, 1.82) is 0 Å². The zero-order valence-corrected chi connectivity index (χ0v) is 67.7. The van der Waals surface area contributed by atoms with E-state index < -0.39 is 97.5 Å². The Morgan fingerprint density at radius 1 is 0.279 bits per heavy atom. The Labute approximate surface area is 633 Å². The van der Waals surface area contributed by atoms with Crippen molar-refractivity contribution in [3.05, 3.63) is 97.2 Å². The highest BCUT2D eigenvalue weighted by molar-refractivity contribution is 7.47. The number of esters is 4. The minimum Gasteiger partial charge on any atom is -0.462 e. The summed E-state index contributed by atoms with van der Waals surface area (Å²) in [6.07, 6.45) is 82.3. The molecule has 0 bridgehead atoms. The average molecular weight is 1510 g/mol. The zero-order chi connectivity index (χ0) is 76.0. The summed E-state index contributed by atoms with van der Waals surface area (Å²) in [5.41, 5.74) is 0. The fourth-order valence-electron chi connectivity index (χ4n) is 11.2. The lowest BCUT2D eigenvalue weighted by Gasteiger charge is -2.21. The van der Waals surface area contributed by atoms with E-state index in [1.54, 1.807) is 0 Å². The number of ether oxygens (including phenoxy) is 4. The van der Waals surface area contributed by atoms with Gasteiger partial charge in [0.05, 0.1) is 26.4 Å². The van der Waals surface area contributed by atoms with E-state index in [2.05, 4.69) is 125 Å². The van der Waals surface area contributed by atoms with Gasteiger partial charge in [0.1, 0.15) is 19.3 Å². The van der Waals surface area contributed by atoms with Crippen molar-refractivity contribution in [3.63, 3.8) is 0 Å². The van der Waals surface area contributed by atoms with Gasteiger partial charge < -0.3 is 33.8 Å². The van der Waals surface area contributed by atoms with Gasteiger partial charge in [0, 0.05) is 25.7 Å². The summed E-state index contributed by atoms with van der Waals surface area (Å²) in [6, 6.07) is 0. The Hall–Kier alpha value is -4.02. The van der Waals surface area contributed by atoms with Crippen molar-refractivity contribution in [2.75, 3.05) is 39.6 Å². The molecule has 0 fully saturated rings. The number of carbonyl (C=O) groups is 4. The number of hydrogen-bond acceptors (Lipinski definition) is 15. The van der Waals surface area contributed by atoms with Crippen LogP contribution in [0.2, 0.25) is 0 Å². The highest BCUT2D eigenvalue weighted by Gasteiger charge is 2.30. The normalized spacial score (nSPS) is 14.3. The minimum atomic E-state index is -4.99. The Kier molecular flexibility index (Phi) is 74.2. The molecule has 17 nitrogen and oxygen atoms in total. The molecular weight excluding hydrogens is 1350 g/mol. The Morgan fingerprint density at radius 2 is 0.500 bits per heavy atom. The summed E-state index contributed by atoms with van der Waals surface area (Å²) in [5, 5.41) is 10.7. The summed E-state index contributed by atoms with van der Waals surface area (Å²) in [4.78, 5) is 73.1. The maximum atomic E-state index is 13.1. The topological polar surface area (TPSA) is 237 Å². The highest BCUT2D eigenvalue weighted by atomic mass is 31.2. The maximum Gasteiger partial charge on any atom is 0.472 e. The molecule has 0 aliphatic heterocycles. The molecule has 0 saturated heterocycles. The first-order valence-corrected chi connectivity index (χ1v) is 44.5. The lowest BCUT2D eigenvalue weighted by Crippen LogP contribution is -2.30. The Morgan fingerprint density at radius 3 is 0.788 bits per heavy atom. The van der Waals surface area contributed by atoms with Gasteiger partial charge in [0.25, 0.3) is 0 Å². The molecule has 0 rings (SSSR count). The first-order valence-electron chi connectivity index (χ1n) is 41.5. The predicted octanol–water partition coefficient (Wildman–Crippen LogP) is 24.3. The second-order valence-corrected chi connectivity index (χ2v) is 30.6. The molecule has 3 N–H and O–H groups in total. The van der Waals surface area contributed by atoms with E-state index in [9.17, 15) is 43.2 Å². The number of aliphatic hydroxyl groups is 1. The van der Waals surface area contributed by atoms with E-state index in [-0.39, 0.29) is 25.7 Å². The third-order valence-corrected chi connectivity index (χ3v) is 19.4. The van der Waals surface area contributed by atoms with Gasteiger partial charge in [-0.2, -0.15) is 0 Å². The molecule has 0 heterocycles. The molecule has 104 heavy (non-hydrogen) atoms. The second-order valence-electron chi connectivity index (χ2n) is 27.7. The first-order chi connectivity index (χ1) is 50.7. The standard InChI is InChI=1S/C85H150O17P2/c1-5-9-13-17-21-25-29-33-37-38-39-40-44-48-52-56-60-64-68-72-85(90)102-81(76-96-83(88)70-66-62-58-54-50-46-42-35-31-27-23-19-15-11-7-3)78-100-104(93,94)98-74-79(86)73-97-103(91,92)99-77-80(101-84(89)71-67-63-59-55-51-47-43-36-32-28-24-20-16-12-8-4)75-95-82(87)69-65-61-57-53-49-45-41-34-30-26-22-18-14-10-6-2/h9,13,21,25-28,30-33,37,39-40,48,52,79-81,86H,5-8,10-12,14-20,22-24,29,34-36,38,41-47,49-51,53-78H2,1-4H3,(H,91,92)(H,93,94)/b13-9-,25-21-,30-26-,31-27-,32-28-,37-33-,40-39-,52-48-/t79-,80+,81+/m0/s1. The molecule has 19 heteroatoms. The van der Waals surface area contributed by atoms with Crippen LogP contribution in [0.4, 0.5) is 0 Å². The molecule has 0 spiro atoms. The summed E-state index contributed by atoms with van der Waals surface area (Å²) >= 11 is 0. The van der Waals surface area contributed by atoms with Crippen molar-refractivity contribution in [2.24, 2.45) is 0 Å². The fourth-order valence-corrected chi connectivity index (χ4v) is 12.8. The molecular formula is C85H150O17P2. The van der Waals surface area contributed by atoms with Crippen LogP contribution in [0.25, 0.3) is 0 Å². The molecule has 0 aromatic rings. The van der Waals surface area contributed by atoms with Gasteiger partial charge >= 0.3 is 39.5 Å². The molecule has 602 valence electrons. The lowest BCUT2D eigenvalue weighted by atomic mass is 10.1. The van der Waals surface area contributed by atoms with Crippen molar-refractivity contribution in [2.45, 2.75) is 380 Å². The highest BCUT2D eigenvalue weighted by Crippen LogP contribution is 2.45. The maximum absolute atomic E-state index is 13.1. The van der Waals surface area contributed by atoms with Crippen LogP contribution in [0.1, 0.15) is 362 Å². The van der Waals surface area contributed by atoms with Gasteiger partial charge in [-0.1, -0.05) is 285 Å². The van der Waals surface area contributed by atoms with Crippen LogP contribution in [0.15, 0.2) is 97.2 Å². The third-order valence-electron chi connectivity index (χ3n) is 17.5. The molecule has 0 aliphatic rings. The first kappa shape index (κ1) is 100.0. The number of rotatable bonds is 78. The van der Waals surface area contributed by atoms with Gasteiger partial charge in [-0.25, -0.2) is 9.13 Å². The molecule has 2 unspecified atom stereocenters. The Balaban J connectivity index is 5.39. The van der Waals surface area contributed by atoms with Crippen LogP contribution >= 0.6 is 15.6 Å². The number of carbonyl (C=O) groups excluding carboxylic acids is 4. The molecule has 0 amide bonds. The lowest BCUT2D eigenvalue weighted by molar-refractivity contribution is -0.161. The van der Waals surface area contributed by atoms with Crippen molar-refractivity contribution in [1.82, 2.24) is 0 Å². The summed E-state index contributed by atoms with van der Waals surface area (Å²) in [5.74, 6) is -2.20. The predicted molar refractivity (Wildman–Crippen MR) is 427 cm³/mol. The number of phosphoric ester groups is 2. The minimum absolute atomic E-state index is 0.0555. The van der Waals surface area contributed by atoms with Gasteiger partial charge in [-0.3, -0.25) is 37.3 Å². The number of phosphoric acid groups is 2. The van der Waals surface area contributed by atoms with E-state index in [1.807, 2.05) is 0 Å². The fraction of sp³-hybridized carbons (Fsp3) is 0.765. The SMILES string of the molecule is CC/C=C\C/C=C\C/C=C\C/C=C\C/C=C\CCCCCC(=O)O[C@H](COC(=O)CCCCCCCCC/C=C\CCCCCC)COP(=O)(O)OC[C@@H](O)COP(=O)(O)OC[C@@H](COC(=O)CCCCCCCCC/C=C\CCCCCC)OC(=O)CCCCCCCCC/C=C\CCCCCC. The summed E-state index contributed by atoms with van der Waals surface area (Å²) in [7, 11) is -9.97. The number of aliphatic hydroxyl groups excluding tert-OH is 1. The van der Waals surface area contributed by atoms with Crippen LogP contribution in [-0.4, -0.2) is 96.7 Å². The van der Waals surface area contributed by atoms with Crippen molar-refractivity contribution < 1.29 is 80.2 Å². The number of allylic oxidation sites excluding steroid dienone is 16. The summed E-state index contributed by atoms with van der Waals surface area (Å²) in [6.45, 7) is 4.73. The molecule has 0 saturated carbocycles. The van der Waals surface area contributed by atoms with Crippen molar-refractivity contribution >= 4 is 39.5 Å². The van der Waals surface area contributed by atoms with E-state index in [4.69, 9.17) is 37.0 Å². The molecule has 0 aromatic carbocycles. The average Bonchev–Trinajstić information content (AvgIpc) is 0.943. The van der Waals surface area contributed by atoms with Gasteiger partial charge in [-0.15, -0.1) is 0 Å². The molecule has 0 aliphatic carbocycles. The largest absolute Gasteiger partial charge is 0.472 e. The molecule has 5 atom stereocenters. The van der Waals surface area contributed by atoms with Gasteiger partial charge in [-0.05, 0) is 148 Å². The Bertz CT molecular complexity index is 2350. The monoisotopic (exact) mass is 1510 g/mol. The second kappa shape index (κ2) is 77.1. The van der Waals surface area contributed by atoms with Gasteiger partial charge in [0.2, 0.25) is 0 Å². The van der Waals surface area contributed by atoms with Crippen molar-refractivity contribution in [3.8, 4) is 0 Å². The third kappa shape index (κ3) is 76.2. The smallest absolute Gasteiger partial charge is 0.462 e. The number of unbranched alkanes of at least 4 members (excludes halogenated alkanes) is 36. The van der Waals surface area contributed by atoms with E-state index in [0.717, 1.165) is 180 Å². The zero-order valence-electron chi connectivity index (χ0n) is 65.9.